The molecule has 16 nitrogen and oxygen atoms in total. The number of imide groups is 2. The molecule has 2 aromatic heterocycles. The highest BCUT2D eigenvalue weighted by molar-refractivity contribution is 8.15. The lowest BCUT2D eigenvalue weighted by Crippen LogP contribution is -2.25. The van der Waals surface area contributed by atoms with Crippen LogP contribution in [0.25, 0.3) is 0 Å². The topological polar surface area (TPSA) is 196 Å². The number of hydrogen-bond donors (Lipinski definition) is 2. The van der Waals surface area contributed by atoms with Gasteiger partial charge >= 0.3 is 10.4 Å². The highest BCUT2D eigenvalue weighted by atomic mass is 32.3. The Bertz CT molecular complexity index is 1960. The average Bonchev–Trinajstić information content (AvgIpc) is 3.65. The maximum atomic E-state index is 12.6. The van der Waals surface area contributed by atoms with E-state index in [9.17, 15) is 27.6 Å². The third-order valence-corrected chi connectivity index (χ3v) is 11.0. The van der Waals surface area contributed by atoms with Gasteiger partial charge in [-0.15, -0.1) is 8.42 Å². The second-order valence-electron chi connectivity index (χ2n) is 12.3. The largest absolute Gasteiger partial charge is 0.501 e. The fourth-order valence-corrected chi connectivity index (χ4v) is 7.73. The quantitative estimate of drug-likeness (QED) is 0.146. The van der Waals surface area contributed by atoms with E-state index in [1.165, 1.54) is 24.5 Å². The second-order valence-corrected chi connectivity index (χ2v) is 15.8. The van der Waals surface area contributed by atoms with Gasteiger partial charge in [-0.25, -0.2) is 9.97 Å². The maximum Gasteiger partial charge on any atom is 0.501 e. The monoisotopic (exact) mass is 808 g/mol. The van der Waals surface area contributed by atoms with Crippen molar-refractivity contribution >= 4 is 67.9 Å². The Hall–Kier alpha value is -5.53. The Morgan fingerprint density at radius 2 is 0.982 bits per heavy atom. The summed E-state index contributed by atoms with van der Waals surface area (Å²) in [5.74, 6) is 1.78. The number of nitrogens with zero attached hydrogens (tertiary/aromatic N) is 4. The van der Waals surface area contributed by atoms with E-state index in [-0.39, 0.29) is 33.8 Å². The van der Waals surface area contributed by atoms with Gasteiger partial charge in [0.15, 0.2) is 11.5 Å². The molecule has 2 aromatic carbocycles. The second kappa shape index (κ2) is 17.7. The molecular formula is C36H36N6O10S3. The first-order valence-corrected chi connectivity index (χ1v) is 19.9. The van der Waals surface area contributed by atoms with E-state index in [0.717, 1.165) is 34.7 Å². The molecule has 0 spiro atoms. The van der Waals surface area contributed by atoms with Gasteiger partial charge in [0.2, 0.25) is 11.8 Å². The first kappa shape index (κ1) is 39.2. The molecule has 288 valence electrons. The van der Waals surface area contributed by atoms with Crippen molar-refractivity contribution in [1.29, 1.82) is 0 Å². The number of thioether (sulfide) groups is 2. The van der Waals surface area contributed by atoms with E-state index in [1.54, 1.807) is 36.4 Å². The number of anilines is 2. The number of ether oxygens (including phenoxy) is 2. The standard InChI is InChI=1S/C36H36N6O10S3/c1-41(15-17-49-25-7-3-23(4-8-25)19-29-33(43)39-35(45)53-29)31-13-11-27(21-37-31)51-55(47,48)52-28-12-14-32(38-22-28)42(2)16-18-50-26-9-5-24(6-10-26)20-30-34(44)40-36(46)54-30/h3-14,21-22,29-30H,15-20H2,1-2H3,(H,39,43,45)(H,40,44,46). The molecule has 4 aromatic rings. The number of hydrogen-bond acceptors (Lipinski definition) is 16. The van der Waals surface area contributed by atoms with Gasteiger partial charge in [0.05, 0.1) is 36.0 Å². The molecule has 4 amide bonds. The van der Waals surface area contributed by atoms with Crippen molar-refractivity contribution in [3.63, 3.8) is 0 Å². The Kier molecular flexibility index (Phi) is 12.6. The Morgan fingerprint density at radius 3 is 1.31 bits per heavy atom. The van der Waals surface area contributed by atoms with E-state index in [4.69, 9.17) is 17.8 Å². The summed E-state index contributed by atoms with van der Waals surface area (Å²) in [4.78, 5) is 58.6. The number of pyridine rings is 2. The summed E-state index contributed by atoms with van der Waals surface area (Å²) in [6.45, 7) is 1.64. The van der Waals surface area contributed by atoms with Crippen molar-refractivity contribution < 1.29 is 45.4 Å². The summed E-state index contributed by atoms with van der Waals surface area (Å²) in [6.07, 6.45) is 3.44. The van der Waals surface area contributed by atoms with Crippen LogP contribution in [0, 0.1) is 0 Å². The van der Waals surface area contributed by atoms with Crippen LogP contribution in [0.2, 0.25) is 0 Å². The number of rotatable bonds is 18. The molecule has 2 aliphatic heterocycles. The molecule has 55 heavy (non-hydrogen) atoms. The van der Waals surface area contributed by atoms with Crippen LogP contribution < -0.4 is 38.3 Å². The SMILES string of the molecule is CN(CCOc1ccc(CC2SC(=O)NC2=O)cc1)c1ccc(OS(=O)(=O)Oc2ccc(N(C)CCOc3ccc(CC4SC(=O)NC4=O)cc3)nc2)cn1. The summed E-state index contributed by atoms with van der Waals surface area (Å²) in [5.41, 5.74) is 1.83. The van der Waals surface area contributed by atoms with Gasteiger partial charge in [-0.2, -0.15) is 0 Å². The first-order chi connectivity index (χ1) is 26.4. The van der Waals surface area contributed by atoms with Gasteiger partial charge in [0.25, 0.3) is 10.5 Å². The normalized spacial score (nSPS) is 16.7. The molecule has 6 rings (SSSR count). The fraction of sp³-hybridized carbons (Fsp3) is 0.278. The predicted molar refractivity (Wildman–Crippen MR) is 206 cm³/mol. The minimum absolute atomic E-state index is 0.0398. The number of carbonyl (C=O) groups is 4. The fourth-order valence-electron chi connectivity index (χ4n) is 5.30. The summed E-state index contributed by atoms with van der Waals surface area (Å²) in [6, 6.07) is 20.8. The van der Waals surface area contributed by atoms with Gasteiger partial charge in [-0.1, -0.05) is 47.8 Å². The number of likely N-dealkylation sites (N-methyl/N-ethyl adjacent to an activating group) is 2. The molecule has 2 saturated heterocycles. The van der Waals surface area contributed by atoms with E-state index in [2.05, 4.69) is 20.6 Å². The van der Waals surface area contributed by atoms with Crippen LogP contribution in [-0.2, 0) is 32.8 Å². The number of nitrogens with one attached hydrogen (secondary N) is 2. The van der Waals surface area contributed by atoms with Crippen LogP contribution in [0.15, 0.2) is 85.2 Å². The summed E-state index contributed by atoms with van der Waals surface area (Å²) >= 11 is 1.99. The van der Waals surface area contributed by atoms with Crippen molar-refractivity contribution in [2.24, 2.45) is 0 Å². The zero-order valence-electron chi connectivity index (χ0n) is 29.6. The van der Waals surface area contributed by atoms with Crippen molar-refractivity contribution in [1.82, 2.24) is 20.6 Å². The van der Waals surface area contributed by atoms with Gasteiger partial charge in [-0.05, 0) is 72.5 Å². The summed E-state index contributed by atoms with van der Waals surface area (Å²) < 4.78 is 47.0. The first-order valence-electron chi connectivity index (χ1n) is 16.8. The Balaban J connectivity index is 0.891. The maximum absolute atomic E-state index is 12.6. The molecule has 0 saturated carbocycles. The van der Waals surface area contributed by atoms with Crippen LogP contribution in [0.5, 0.6) is 23.0 Å². The Labute approximate surface area is 325 Å². The van der Waals surface area contributed by atoms with Crippen molar-refractivity contribution in [2.75, 3.05) is 50.2 Å². The smallest absolute Gasteiger partial charge is 0.492 e. The van der Waals surface area contributed by atoms with Crippen molar-refractivity contribution in [3.05, 3.63) is 96.3 Å². The van der Waals surface area contributed by atoms with Crippen molar-refractivity contribution in [3.8, 4) is 23.0 Å². The van der Waals surface area contributed by atoms with E-state index in [1.807, 2.05) is 48.2 Å². The molecule has 4 heterocycles. The molecule has 0 aliphatic carbocycles. The predicted octanol–water partition coefficient (Wildman–Crippen LogP) is 4.00. The number of amides is 4. The lowest BCUT2D eigenvalue weighted by atomic mass is 10.1. The van der Waals surface area contributed by atoms with Gasteiger partial charge in [-0.3, -0.25) is 29.8 Å². The molecule has 2 N–H and O–H groups in total. The van der Waals surface area contributed by atoms with E-state index in [0.29, 0.717) is 62.3 Å². The third-order valence-electron chi connectivity index (χ3n) is 8.23. The lowest BCUT2D eigenvalue weighted by Gasteiger charge is -2.19. The molecule has 2 aliphatic rings. The van der Waals surface area contributed by atoms with Crippen LogP contribution in [-0.4, -0.2) is 91.6 Å². The third kappa shape index (κ3) is 11.2. The van der Waals surface area contributed by atoms with E-state index >= 15 is 0 Å². The number of carbonyl (C=O) groups excluding carboxylic acids is 4. The zero-order valence-corrected chi connectivity index (χ0v) is 32.0. The average molecular weight is 809 g/mol. The minimum atomic E-state index is -4.49. The number of benzene rings is 2. The van der Waals surface area contributed by atoms with Gasteiger partial charge < -0.3 is 27.6 Å². The molecular weight excluding hydrogens is 773 g/mol. The molecule has 0 bridgehead atoms. The van der Waals surface area contributed by atoms with Crippen LogP contribution in [0.1, 0.15) is 11.1 Å². The molecule has 2 unspecified atom stereocenters. The van der Waals surface area contributed by atoms with Gasteiger partial charge in [0, 0.05) is 14.1 Å². The molecule has 2 fully saturated rings. The summed E-state index contributed by atoms with van der Waals surface area (Å²) in [5, 5.41) is 3.06. The lowest BCUT2D eigenvalue weighted by molar-refractivity contribution is -0.119. The van der Waals surface area contributed by atoms with Crippen LogP contribution >= 0.6 is 23.5 Å². The van der Waals surface area contributed by atoms with Crippen LogP contribution in [0.4, 0.5) is 21.2 Å². The Morgan fingerprint density at radius 1 is 0.600 bits per heavy atom. The summed E-state index contributed by atoms with van der Waals surface area (Å²) in [7, 11) is -0.867. The zero-order chi connectivity index (χ0) is 39.0. The van der Waals surface area contributed by atoms with Crippen LogP contribution in [0.3, 0.4) is 0 Å². The van der Waals surface area contributed by atoms with E-state index < -0.39 is 20.9 Å². The number of aromatic nitrogens is 2. The molecule has 19 heteroatoms. The minimum Gasteiger partial charge on any atom is -0.492 e. The van der Waals surface area contributed by atoms with Crippen molar-refractivity contribution in [2.45, 2.75) is 23.3 Å². The highest BCUT2D eigenvalue weighted by Gasteiger charge is 2.32. The molecule has 2 atom stereocenters. The highest BCUT2D eigenvalue weighted by Crippen LogP contribution is 2.26. The van der Waals surface area contributed by atoms with Gasteiger partial charge in [0.1, 0.15) is 36.3 Å². The molecule has 0 radical (unpaired) electrons.